The number of anilines is 4. The molecular formula is C22H28FN9O2. The van der Waals surface area contributed by atoms with Crippen LogP contribution < -0.4 is 20.4 Å². The highest BCUT2D eigenvalue weighted by molar-refractivity contribution is 6.02. The molecule has 0 spiro atoms. The Morgan fingerprint density at radius 3 is 2.82 bits per heavy atom. The summed E-state index contributed by atoms with van der Waals surface area (Å²) in [5.41, 5.74) is 0.842. The summed E-state index contributed by atoms with van der Waals surface area (Å²) in [6, 6.07) is 3.48. The van der Waals surface area contributed by atoms with Crippen LogP contribution in [0.1, 0.15) is 33.2 Å². The van der Waals surface area contributed by atoms with Crippen molar-refractivity contribution in [2.45, 2.75) is 51.6 Å². The maximum atomic E-state index is 14.0. The monoisotopic (exact) mass is 469 g/mol. The third kappa shape index (κ3) is 3.98. The zero-order valence-corrected chi connectivity index (χ0v) is 19.3. The predicted molar refractivity (Wildman–Crippen MR) is 126 cm³/mol. The van der Waals surface area contributed by atoms with Crippen LogP contribution in [0.3, 0.4) is 0 Å². The quantitative estimate of drug-likeness (QED) is 0.520. The number of fused-ring (bicyclic) bond motifs is 1. The molecule has 5 heterocycles. The fraction of sp³-hybridized carbons (Fsp3) is 0.500. The Bertz CT molecular complexity index is 1220. The van der Waals surface area contributed by atoms with E-state index in [1.165, 1.54) is 0 Å². The summed E-state index contributed by atoms with van der Waals surface area (Å²) in [4.78, 5) is 29.1. The molecule has 3 atom stereocenters. The Morgan fingerprint density at radius 1 is 1.29 bits per heavy atom. The first kappa shape index (κ1) is 22.3. The third-order valence-corrected chi connectivity index (χ3v) is 6.19. The molecule has 5 rings (SSSR count). The van der Waals surface area contributed by atoms with E-state index in [4.69, 9.17) is 5.10 Å². The number of rotatable bonds is 5. The van der Waals surface area contributed by atoms with E-state index in [9.17, 15) is 14.3 Å². The molecule has 3 aromatic rings. The van der Waals surface area contributed by atoms with Crippen molar-refractivity contribution in [3.05, 3.63) is 24.5 Å². The minimum absolute atomic E-state index is 0.0109. The van der Waals surface area contributed by atoms with Gasteiger partial charge in [0.25, 0.3) is 0 Å². The average Bonchev–Trinajstić information content (AvgIpc) is 3.34. The second-order valence-electron chi connectivity index (χ2n) is 9.04. The van der Waals surface area contributed by atoms with E-state index in [0.717, 1.165) is 10.9 Å². The minimum Gasteiger partial charge on any atom is -0.390 e. The number of aliphatic hydroxyl groups is 1. The van der Waals surface area contributed by atoms with Gasteiger partial charge in [-0.3, -0.25) is 9.58 Å². The molecule has 0 bridgehead atoms. The molecule has 0 radical (unpaired) electrons. The van der Waals surface area contributed by atoms with Gasteiger partial charge in [0, 0.05) is 37.6 Å². The summed E-state index contributed by atoms with van der Waals surface area (Å²) in [6.07, 6.45) is 1.36. The maximum Gasteiger partial charge on any atom is 0.323 e. The summed E-state index contributed by atoms with van der Waals surface area (Å²) in [5, 5.41) is 21.2. The van der Waals surface area contributed by atoms with Crippen molar-refractivity contribution in [3.63, 3.8) is 0 Å². The first-order valence-corrected chi connectivity index (χ1v) is 11.4. The molecule has 2 aliphatic heterocycles. The van der Waals surface area contributed by atoms with E-state index >= 15 is 0 Å². The van der Waals surface area contributed by atoms with Crippen molar-refractivity contribution < 1.29 is 14.3 Å². The lowest BCUT2D eigenvalue weighted by molar-refractivity contribution is 0.0612. The van der Waals surface area contributed by atoms with Crippen LogP contribution >= 0.6 is 0 Å². The Balaban J connectivity index is 1.44. The van der Waals surface area contributed by atoms with Crippen molar-refractivity contribution in [3.8, 4) is 0 Å². The van der Waals surface area contributed by atoms with Gasteiger partial charge in [-0.2, -0.15) is 10.1 Å². The lowest BCUT2D eigenvalue weighted by Crippen LogP contribution is -2.45. The Morgan fingerprint density at radius 2 is 2.12 bits per heavy atom. The van der Waals surface area contributed by atoms with Crippen molar-refractivity contribution in [1.29, 1.82) is 0 Å². The van der Waals surface area contributed by atoms with Crippen molar-refractivity contribution >= 4 is 40.3 Å². The van der Waals surface area contributed by atoms with Gasteiger partial charge in [-0.25, -0.2) is 19.2 Å². The normalized spacial score (nSPS) is 23.1. The van der Waals surface area contributed by atoms with E-state index in [2.05, 4.69) is 25.6 Å². The molecular weight excluding hydrogens is 441 g/mol. The lowest BCUT2D eigenvalue weighted by atomic mass is 10.1. The third-order valence-electron chi connectivity index (χ3n) is 6.19. The number of pyridine rings is 1. The van der Waals surface area contributed by atoms with Gasteiger partial charge in [0.2, 0.25) is 5.95 Å². The molecule has 12 heteroatoms. The summed E-state index contributed by atoms with van der Waals surface area (Å²) in [6.45, 7) is 7.13. The molecule has 2 aliphatic rings. The Hall–Kier alpha value is -3.54. The second-order valence-corrected chi connectivity index (χ2v) is 9.04. The number of alkyl halides is 1. The van der Waals surface area contributed by atoms with Gasteiger partial charge < -0.3 is 20.6 Å². The van der Waals surface area contributed by atoms with Gasteiger partial charge in [-0.1, -0.05) is 0 Å². The summed E-state index contributed by atoms with van der Waals surface area (Å²) in [7, 11) is 0. The van der Waals surface area contributed by atoms with E-state index in [0.29, 0.717) is 42.9 Å². The van der Waals surface area contributed by atoms with Crippen LogP contribution in [0.15, 0.2) is 24.5 Å². The molecule has 34 heavy (non-hydrogen) atoms. The van der Waals surface area contributed by atoms with Crippen LogP contribution in [-0.2, 0) is 0 Å². The van der Waals surface area contributed by atoms with Gasteiger partial charge in [0.15, 0.2) is 5.82 Å². The summed E-state index contributed by atoms with van der Waals surface area (Å²) < 4.78 is 15.8. The summed E-state index contributed by atoms with van der Waals surface area (Å²) in [5.74, 6) is 2.05. The molecule has 11 nitrogen and oxygen atoms in total. The van der Waals surface area contributed by atoms with Crippen molar-refractivity contribution in [1.82, 2.24) is 30.0 Å². The fourth-order valence-electron chi connectivity index (χ4n) is 4.35. The molecule has 0 aromatic carbocycles. The largest absolute Gasteiger partial charge is 0.390 e. The first-order valence-electron chi connectivity index (χ1n) is 11.4. The molecule has 180 valence electrons. The lowest BCUT2D eigenvalue weighted by Gasteiger charge is -2.32. The van der Waals surface area contributed by atoms with Crippen molar-refractivity contribution in [2.24, 2.45) is 0 Å². The van der Waals surface area contributed by atoms with Crippen LogP contribution in [0.2, 0.25) is 0 Å². The number of aromatic nitrogens is 5. The number of aliphatic hydroxyl groups excluding tert-OH is 1. The molecule has 0 aliphatic carbocycles. The Labute approximate surface area is 196 Å². The van der Waals surface area contributed by atoms with Gasteiger partial charge in [0.1, 0.15) is 17.8 Å². The van der Waals surface area contributed by atoms with Crippen LogP contribution in [0, 0.1) is 0 Å². The number of carbonyl (C=O) groups excluding carboxylic acids is 1. The highest BCUT2D eigenvalue weighted by atomic mass is 19.1. The molecule has 1 unspecified atom stereocenters. The molecule has 0 saturated carbocycles. The SMILES string of the molecule is CC1CNC(=O)N1c1nn(C(C)C)c2cc(Nc3ccnc(N4CC[C@@H](O)[C@@H](F)C4)n3)ncc12. The number of carbonyl (C=O) groups is 1. The number of hydrogen-bond acceptors (Lipinski definition) is 8. The van der Waals surface area contributed by atoms with Crippen LogP contribution in [-0.4, -0.2) is 73.8 Å². The zero-order valence-electron chi connectivity index (χ0n) is 19.3. The van der Waals surface area contributed by atoms with E-state index in [-0.39, 0.29) is 24.7 Å². The standard InChI is InChI=1S/C22H28FN9O2/c1-12(2)32-16-8-19(25-10-14(16)20(29-32)31-13(3)9-26-22(31)34)27-18-4-6-24-21(28-18)30-7-5-17(33)15(23)11-30/h4,6,8,10,12-13,15,17,33H,5,7,9,11H2,1-3H3,(H,26,34)(H,24,25,27,28)/t13?,15-,17+/m0/s1. The fourth-order valence-corrected chi connectivity index (χ4v) is 4.35. The maximum absolute atomic E-state index is 14.0. The molecule has 2 fully saturated rings. The predicted octanol–water partition coefficient (Wildman–Crippen LogP) is 2.37. The topological polar surface area (TPSA) is 124 Å². The number of amides is 2. The van der Waals surface area contributed by atoms with Crippen molar-refractivity contribution in [2.75, 3.05) is 34.8 Å². The number of nitrogens with zero attached hydrogens (tertiary/aromatic N) is 7. The first-order chi connectivity index (χ1) is 16.3. The number of piperidine rings is 1. The van der Waals surface area contributed by atoms with E-state index in [1.54, 1.807) is 28.3 Å². The minimum atomic E-state index is -1.33. The average molecular weight is 470 g/mol. The molecule has 2 saturated heterocycles. The van der Waals surface area contributed by atoms with Crippen LogP contribution in [0.5, 0.6) is 0 Å². The number of urea groups is 1. The second kappa shape index (κ2) is 8.67. The van der Waals surface area contributed by atoms with Crippen LogP contribution in [0.4, 0.5) is 32.6 Å². The number of hydrogen-bond donors (Lipinski definition) is 3. The number of nitrogens with one attached hydrogen (secondary N) is 2. The highest BCUT2D eigenvalue weighted by Gasteiger charge is 2.33. The summed E-state index contributed by atoms with van der Waals surface area (Å²) >= 11 is 0. The highest BCUT2D eigenvalue weighted by Crippen LogP contribution is 2.32. The smallest absolute Gasteiger partial charge is 0.323 e. The van der Waals surface area contributed by atoms with Crippen LogP contribution in [0.25, 0.3) is 10.9 Å². The van der Waals surface area contributed by atoms with E-state index in [1.807, 2.05) is 31.5 Å². The molecule has 3 aromatic heterocycles. The zero-order chi connectivity index (χ0) is 24.0. The number of halogens is 1. The van der Waals surface area contributed by atoms with Gasteiger partial charge in [-0.15, -0.1) is 0 Å². The van der Waals surface area contributed by atoms with E-state index < -0.39 is 12.3 Å². The molecule has 2 amide bonds. The van der Waals surface area contributed by atoms with Gasteiger partial charge >= 0.3 is 6.03 Å². The Kier molecular flexibility index (Phi) is 5.68. The molecule has 3 N–H and O–H groups in total. The van der Waals surface area contributed by atoms with Gasteiger partial charge in [0.05, 0.1) is 29.6 Å². The van der Waals surface area contributed by atoms with Gasteiger partial charge in [-0.05, 0) is 33.3 Å².